The number of thiazole rings is 1. The number of aromatic carboxylic acids is 1. The van der Waals surface area contributed by atoms with Crippen LogP contribution >= 0.6 is 11.3 Å². The molecule has 6 nitrogen and oxygen atoms in total. The first kappa shape index (κ1) is 13.4. The number of carboxylic acid groups (broad SMARTS) is 1. The van der Waals surface area contributed by atoms with E-state index in [4.69, 9.17) is 0 Å². The minimum atomic E-state index is -1.18. The number of carbonyl (C=O) groups is 1. The van der Waals surface area contributed by atoms with Crippen LogP contribution in [0.15, 0.2) is 35.2 Å². The van der Waals surface area contributed by atoms with Crippen LogP contribution in [0, 0.1) is 5.82 Å². The van der Waals surface area contributed by atoms with Gasteiger partial charge in [0.25, 0.3) is 0 Å². The van der Waals surface area contributed by atoms with E-state index in [1.165, 1.54) is 40.3 Å². The first-order chi connectivity index (χ1) is 10.1. The lowest BCUT2D eigenvalue weighted by Crippen LogP contribution is -2.06. The van der Waals surface area contributed by atoms with E-state index in [1.54, 1.807) is 5.51 Å². The standard InChI is InChI=1S/C13H9FN4O2S/c14-9-3-1-8(2-4-9)12-11(13(19)20)16-17-18(12)5-10-6-21-7-15-10/h1-4,6-7H,5H2,(H,19,20). The molecule has 0 spiro atoms. The summed E-state index contributed by atoms with van der Waals surface area (Å²) in [7, 11) is 0. The molecule has 0 fully saturated rings. The molecule has 1 N–H and O–H groups in total. The number of rotatable bonds is 4. The molecule has 0 radical (unpaired) electrons. The zero-order valence-electron chi connectivity index (χ0n) is 10.6. The van der Waals surface area contributed by atoms with Crippen molar-refractivity contribution in [3.8, 4) is 11.3 Å². The Balaban J connectivity index is 2.08. The fourth-order valence-corrected chi connectivity index (χ4v) is 2.48. The van der Waals surface area contributed by atoms with Crippen molar-refractivity contribution >= 4 is 17.3 Å². The quantitative estimate of drug-likeness (QED) is 0.800. The summed E-state index contributed by atoms with van der Waals surface area (Å²) in [6, 6.07) is 5.53. The van der Waals surface area contributed by atoms with Crippen molar-refractivity contribution in [3.63, 3.8) is 0 Å². The molecule has 0 saturated heterocycles. The van der Waals surface area contributed by atoms with Crippen molar-refractivity contribution < 1.29 is 14.3 Å². The van der Waals surface area contributed by atoms with E-state index in [-0.39, 0.29) is 5.69 Å². The zero-order valence-corrected chi connectivity index (χ0v) is 11.4. The number of nitrogens with zero attached hydrogens (tertiary/aromatic N) is 4. The minimum Gasteiger partial charge on any atom is -0.476 e. The Morgan fingerprint density at radius 3 is 2.71 bits per heavy atom. The maximum atomic E-state index is 13.0. The molecule has 0 unspecified atom stereocenters. The molecule has 8 heteroatoms. The fraction of sp³-hybridized carbons (Fsp3) is 0.0769. The summed E-state index contributed by atoms with van der Waals surface area (Å²) in [6.07, 6.45) is 0. The van der Waals surface area contributed by atoms with Gasteiger partial charge >= 0.3 is 5.97 Å². The number of hydrogen-bond acceptors (Lipinski definition) is 5. The molecule has 1 aromatic carbocycles. The Hall–Kier alpha value is -2.61. The van der Waals surface area contributed by atoms with E-state index in [0.717, 1.165) is 5.69 Å². The molecule has 0 aliphatic heterocycles. The van der Waals surface area contributed by atoms with Crippen LogP contribution in [0.25, 0.3) is 11.3 Å². The Morgan fingerprint density at radius 2 is 2.10 bits per heavy atom. The van der Waals surface area contributed by atoms with E-state index < -0.39 is 11.8 Å². The number of hydrogen-bond donors (Lipinski definition) is 1. The molecule has 2 heterocycles. The van der Waals surface area contributed by atoms with Gasteiger partial charge in [0.05, 0.1) is 17.7 Å². The van der Waals surface area contributed by atoms with Crippen molar-refractivity contribution in [3.05, 3.63) is 52.4 Å². The Morgan fingerprint density at radius 1 is 1.33 bits per heavy atom. The van der Waals surface area contributed by atoms with E-state index >= 15 is 0 Å². The summed E-state index contributed by atoms with van der Waals surface area (Å²) in [6.45, 7) is 0.302. The van der Waals surface area contributed by atoms with Gasteiger partial charge in [-0.05, 0) is 24.3 Å². The van der Waals surface area contributed by atoms with Gasteiger partial charge in [0.1, 0.15) is 11.5 Å². The van der Waals surface area contributed by atoms with Crippen LogP contribution in [0.2, 0.25) is 0 Å². The van der Waals surface area contributed by atoms with Crippen LogP contribution in [0.5, 0.6) is 0 Å². The van der Waals surface area contributed by atoms with Gasteiger partial charge in [0.2, 0.25) is 0 Å². The van der Waals surface area contributed by atoms with Gasteiger partial charge in [-0.1, -0.05) is 5.21 Å². The van der Waals surface area contributed by atoms with E-state index in [2.05, 4.69) is 15.3 Å². The van der Waals surface area contributed by atoms with Gasteiger partial charge in [-0.3, -0.25) is 0 Å². The van der Waals surface area contributed by atoms with Crippen LogP contribution < -0.4 is 0 Å². The van der Waals surface area contributed by atoms with Gasteiger partial charge in [-0.2, -0.15) is 0 Å². The Kier molecular flexibility index (Phi) is 3.44. The monoisotopic (exact) mass is 304 g/mol. The maximum Gasteiger partial charge on any atom is 0.358 e. The third-order valence-corrected chi connectivity index (χ3v) is 3.49. The smallest absolute Gasteiger partial charge is 0.358 e. The lowest BCUT2D eigenvalue weighted by Gasteiger charge is -2.06. The molecule has 0 aliphatic carbocycles. The first-order valence-electron chi connectivity index (χ1n) is 5.95. The fourth-order valence-electron chi connectivity index (χ4n) is 1.93. The van der Waals surface area contributed by atoms with Crippen molar-refractivity contribution in [2.75, 3.05) is 0 Å². The lowest BCUT2D eigenvalue weighted by molar-refractivity contribution is 0.0691. The molecular formula is C13H9FN4O2S. The lowest BCUT2D eigenvalue weighted by atomic mass is 10.1. The van der Waals surface area contributed by atoms with Gasteiger partial charge in [-0.15, -0.1) is 16.4 Å². The maximum absolute atomic E-state index is 13.0. The van der Waals surface area contributed by atoms with Crippen molar-refractivity contribution in [2.24, 2.45) is 0 Å². The highest BCUT2D eigenvalue weighted by molar-refractivity contribution is 7.07. The van der Waals surface area contributed by atoms with E-state index in [0.29, 0.717) is 17.8 Å². The average molecular weight is 304 g/mol. The third-order valence-electron chi connectivity index (χ3n) is 2.85. The average Bonchev–Trinajstić information content (AvgIpc) is 3.10. The van der Waals surface area contributed by atoms with Crippen LogP contribution in [0.3, 0.4) is 0 Å². The van der Waals surface area contributed by atoms with Crippen molar-refractivity contribution in [2.45, 2.75) is 6.54 Å². The molecule has 106 valence electrons. The number of halogens is 1. The normalized spacial score (nSPS) is 10.7. The van der Waals surface area contributed by atoms with Crippen LogP contribution in [-0.2, 0) is 6.54 Å². The molecule has 3 aromatic rings. The second-order valence-electron chi connectivity index (χ2n) is 4.24. The van der Waals surface area contributed by atoms with Crippen LogP contribution in [0.4, 0.5) is 4.39 Å². The van der Waals surface area contributed by atoms with Crippen LogP contribution in [-0.4, -0.2) is 31.1 Å². The molecule has 0 aliphatic rings. The topological polar surface area (TPSA) is 80.9 Å². The summed E-state index contributed by atoms with van der Waals surface area (Å²) in [5, 5.41) is 18.6. The Labute approximate surface area is 122 Å². The third kappa shape index (κ3) is 2.65. The van der Waals surface area contributed by atoms with Gasteiger partial charge in [-0.25, -0.2) is 18.9 Å². The number of carboxylic acids is 1. The first-order valence-corrected chi connectivity index (χ1v) is 6.89. The molecule has 21 heavy (non-hydrogen) atoms. The molecule has 2 aromatic heterocycles. The summed E-state index contributed by atoms with van der Waals surface area (Å²) in [5.74, 6) is -1.58. The van der Waals surface area contributed by atoms with Gasteiger partial charge < -0.3 is 5.11 Å². The molecule has 3 rings (SSSR count). The second kappa shape index (κ2) is 5.41. The molecular weight excluding hydrogens is 295 g/mol. The van der Waals surface area contributed by atoms with Crippen molar-refractivity contribution in [1.82, 2.24) is 20.0 Å². The molecule has 0 atom stereocenters. The number of benzene rings is 1. The van der Waals surface area contributed by atoms with E-state index in [9.17, 15) is 14.3 Å². The van der Waals surface area contributed by atoms with Gasteiger partial charge in [0.15, 0.2) is 5.69 Å². The highest BCUT2D eigenvalue weighted by Crippen LogP contribution is 2.23. The number of aromatic nitrogens is 4. The predicted molar refractivity (Wildman–Crippen MR) is 73.6 cm³/mol. The van der Waals surface area contributed by atoms with E-state index in [1.807, 2.05) is 5.38 Å². The summed E-state index contributed by atoms with van der Waals surface area (Å²) >= 11 is 1.44. The second-order valence-corrected chi connectivity index (χ2v) is 4.95. The molecule has 0 bridgehead atoms. The Bertz CT molecular complexity index is 768. The zero-order chi connectivity index (χ0) is 14.8. The molecule has 0 amide bonds. The minimum absolute atomic E-state index is 0.170. The van der Waals surface area contributed by atoms with Crippen molar-refractivity contribution in [1.29, 1.82) is 0 Å². The van der Waals surface area contributed by atoms with Gasteiger partial charge in [0, 0.05) is 10.9 Å². The largest absolute Gasteiger partial charge is 0.476 e. The predicted octanol–water partition coefficient (Wildman–Crippen LogP) is 2.29. The summed E-state index contributed by atoms with van der Waals surface area (Å²) in [5.41, 5.74) is 3.13. The van der Waals surface area contributed by atoms with Crippen LogP contribution in [0.1, 0.15) is 16.2 Å². The SMILES string of the molecule is O=C(O)c1nnn(Cc2cscn2)c1-c1ccc(F)cc1. The molecule has 0 saturated carbocycles. The highest BCUT2D eigenvalue weighted by Gasteiger charge is 2.21. The summed E-state index contributed by atoms with van der Waals surface area (Å²) < 4.78 is 14.5. The summed E-state index contributed by atoms with van der Waals surface area (Å²) in [4.78, 5) is 15.4. The highest BCUT2D eigenvalue weighted by atomic mass is 32.1.